The number of carboxylic acids is 1. The first-order valence-corrected chi connectivity index (χ1v) is 7.04. The van der Waals surface area contributed by atoms with Crippen molar-refractivity contribution >= 4 is 17.7 Å². The first-order chi connectivity index (χ1) is 10.0. The Labute approximate surface area is 124 Å². The molecular formula is C15H21N3O3. The highest BCUT2D eigenvalue weighted by Gasteiger charge is 2.37. The van der Waals surface area contributed by atoms with Crippen molar-refractivity contribution in [2.75, 3.05) is 25.5 Å². The fraction of sp³-hybridized carbons (Fsp3) is 0.467. The molecule has 1 atom stereocenters. The zero-order chi connectivity index (χ0) is 15.4. The Bertz CT molecular complexity index is 527. The Morgan fingerprint density at radius 3 is 2.67 bits per heavy atom. The molecule has 114 valence electrons. The maximum Gasteiger partial charge on any atom is 0.321 e. The van der Waals surface area contributed by atoms with Gasteiger partial charge in [0.2, 0.25) is 0 Å². The molecule has 6 heteroatoms. The average molecular weight is 291 g/mol. The van der Waals surface area contributed by atoms with Crippen molar-refractivity contribution in [1.82, 2.24) is 10.2 Å². The zero-order valence-electron chi connectivity index (χ0n) is 12.3. The molecule has 1 aliphatic heterocycles. The maximum atomic E-state index is 12.1. The van der Waals surface area contributed by atoms with Crippen molar-refractivity contribution in [2.45, 2.75) is 13.5 Å². The molecule has 2 rings (SSSR count). The van der Waals surface area contributed by atoms with Gasteiger partial charge in [-0.15, -0.1) is 0 Å². The summed E-state index contributed by atoms with van der Waals surface area (Å²) in [5.74, 6) is -1.18. The second-order valence-corrected chi connectivity index (χ2v) is 5.41. The monoisotopic (exact) mass is 291 g/mol. The van der Waals surface area contributed by atoms with Crippen LogP contribution in [-0.2, 0) is 11.3 Å². The third kappa shape index (κ3) is 3.52. The summed E-state index contributed by atoms with van der Waals surface area (Å²) in [7, 11) is 1.85. The van der Waals surface area contributed by atoms with Crippen molar-refractivity contribution in [3.8, 4) is 0 Å². The summed E-state index contributed by atoms with van der Waals surface area (Å²) in [6.45, 7) is 3.35. The van der Waals surface area contributed by atoms with Crippen LogP contribution in [0.5, 0.6) is 0 Å². The van der Waals surface area contributed by atoms with Crippen LogP contribution < -0.4 is 10.6 Å². The number of amides is 2. The lowest BCUT2D eigenvalue weighted by molar-refractivity contribution is -0.144. The van der Waals surface area contributed by atoms with E-state index in [1.807, 2.05) is 31.3 Å². The second kappa shape index (κ2) is 6.58. The molecule has 21 heavy (non-hydrogen) atoms. The number of aliphatic carboxylic acids is 1. The highest BCUT2D eigenvalue weighted by molar-refractivity contribution is 5.90. The number of likely N-dealkylation sites (tertiary alicyclic amines) is 1. The average Bonchev–Trinajstić information content (AvgIpc) is 2.39. The molecule has 0 bridgehead atoms. The fourth-order valence-corrected chi connectivity index (χ4v) is 2.38. The quantitative estimate of drug-likeness (QED) is 0.769. The Morgan fingerprint density at radius 2 is 2.05 bits per heavy atom. The van der Waals surface area contributed by atoms with E-state index in [1.54, 1.807) is 11.8 Å². The first kappa shape index (κ1) is 15.3. The Morgan fingerprint density at radius 1 is 1.38 bits per heavy atom. The molecule has 0 aliphatic carbocycles. The van der Waals surface area contributed by atoms with Gasteiger partial charge in [-0.25, -0.2) is 4.79 Å². The van der Waals surface area contributed by atoms with Gasteiger partial charge in [-0.3, -0.25) is 4.79 Å². The van der Waals surface area contributed by atoms with Crippen molar-refractivity contribution in [2.24, 2.45) is 11.8 Å². The van der Waals surface area contributed by atoms with Gasteiger partial charge < -0.3 is 20.6 Å². The van der Waals surface area contributed by atoms with Gasteiger partial charge in [0.05, 0.1) is 5.92 Å². The van der Waals surface area contributed by atoms with Gasteiger partial charge in [0.1, 0.15) is 0 Å². The number of carboxylic acid groups (broad SMARTS) is 1. The number of benzene rings is 1. The Kier molecular flexibility index (Phi) is 4.80. The van der Waals surface area contributed by atoms with Gasteiger partial charge in [-0.1, -0.05) is 25.1 Å². The van der Waals surface area contributed by atoms with E-state index in [1.165, 1.54) is 0 Å². The summed E-state index contributed by atoms with van der Waals surface area (Å²) in [6, 6.07) is 7.45. The number of urea groups is 1. The van der Waals surface area contributed by atoms with E-state index < -0.39 is 11.9 Å². The van der Waals surface area contributed by atoms with Crippen LogP contribution in [0.3, 0.4) is 0 Å². The van der Waals surface area contributed by atoms with Crippen molar-refractivity contribution in [3.05, 3.63) is 29.8 Å². The number of para-hydroxylation sites is 1. The minimum Gasteiger partial charge on any atom is -0.481 e. The largest absolute Gasteiger partial charge is 0.481 e. The normalized spacial score (nSPS) is 16.2. The van der Waals surface area contributed by atoms with E-state index in [4.69, 9.17) is 5.11 Å². The van der Waals surface area contributed by atoms with Crippen molar-refractivity contribution < 1.29 is 14.7 Å². The molecule has 1 fully saturated rings. The van der Waals surface area contributed by atoms with E-state index in [9.17, 15) is 9.59 Å². The Hall–Kier alpha value is -2.08. The molecule has 0 radical (unpaired) electrons. The SMILES string of the molecule is CNCc1ccccc1NC(=O)N1CC(C(C)C(=O)O)C1. The lowest BCUT2D eigenvalue weighted by atomic mass is 9.87. The van der Waals surface area contributed by atoms with E-state index in [-0.39, 0.29) is 11.9 Å². The molecule has 1 heterocycles. The number of nitrogens with zero attached hydrogens (tertiary/aromatic N) is 1. The second-order valence-electron chi connectivity index (χ2n) is 5.41. The van der Waals surface area contributed by atoms with Crippen molar-refractivity contribution in [3.63, 3.8) is 0 Å². The summed E-state index contributed by atoms with van der Waals surface area (Å²) in [5.41, 5.74) is 1.80. The Balaban J connectivity index is 1.91. The smallest absolute Gasteiger partial charge is 0.321 e. The van der Waals surface area contributed by atoms with Gasteiger partial charge >= 0.3 is 12.0 Å². The topological polar surface area (TPSA) is 81.7 Å². The van der Waals surface area contributed by atoms with Gasteiger partial charge in [0.25, 0.3) is 0 Å². The van der Waals surface area contributed by atoms with E-state index in [0.29, 0.717) is 19.6 Å². The molecule has 2 amide bonds. The molecule has 1 saturated heterocycles. The molecular weight excluding hydrogens is 270 g/mol. The third-order valence-electron chi connectivity index (χ3n) is 3.92. The summed E-state index contributed by atoms with van der Waals surface area (Å²) in [4.78, 5) is 24.7. The number of hydrogen-bond acceptors (Lipinski definition) is 3. The van der Waals surface area contributed by atoms with E-state index >= 15 is 0 Å². The highest BCUT2D eigenvalue weighted by Crippen LogP contribution is 2.25. The minimum atomic E-state index is -0.806. The predicted octanol–water partition coefficient (Wildman–Crippen LogP) is 1.59. The van der Waals surface area contributed by atoms with Gasteiger partial charge in [0, 0.05) is 31.2 Å². The summed E-state index contributed by atoms with van der Waals surface area (Å²) < 4.78 is 0. The first-order valence-electron chi connectivity index (χ1n) is 7.04. The van der Waals surface area contributed by atoms with Crippen LogP contribution in [0, 0.1) is 11.8 Å². The number of anilines is 1. The summed E-state index contributed by atoms with van der Waals surface area (Å²) in [6.07, 6.45) is 0. The van der Waals surface area contributed by atoms with Gasteiger partial charge in [-0.05, 0) is 18.7 Å². The predicted molar refractivity (Wildman–Crippen MR) is 80.1 cm³/mol. The molecule has 0 spiro atoms. The number of carbonyl (C=O) groups excluding carboxylic acids is 1. The molecule has 1 aromatic rings. The molecule has 0 aromatic heterocycles. The molecule has 1 aromatic carbocycles. The molecule has 6 nitrogen and oxygen atoms in total. The zero-order valence-corrected chi connectivity index (χ0v) is 12.3. The lowest BCUT2D eigenvalue weighted by Gasteiger charge is -2.41. The van der Waals surface area contributed by atoms with Crippen LogP contribution in [0.2, 0.25) is 0 Å². The number of rotatable bonds is 5. The number of carbonyl (C=O) groups is 2. The van der Waals surface area contributed by atoms with Gasteiger partial charge in [-0.2, -0.15) is 0 Å². The molecule has 1 unspecified atom stereocenters. The summed E-state index contributed by atoms with van der Waals surface area (Å²) >= 11 is 0. The standard InChI is InChI=1S/C15H21N3O3/c1-10(14(19)20)12-8-18(9-12)15(21)17-13-6-4-3-5-11(13)7-16-2/h3-6,10,12,16H,7-9H2,1-2H3,(H,17,21)(H,19,20). The van der Waals surface area contributed by atoms with Crippen LogP contribution in [-0.4, -0.2) is 42.1 Å². The van der Waals surface area contributed by atoms with Crippen LogP contribution in [0.15, 0.2) is 24.3 Å². The van der Waals surface area contributed by atoms with Gasteiger partial charge in [0.15, 0.2) is 0 Å². The number of hydrogen-bond donors (Lipinski definition) is 3. The molecule has 3 N–H and O–H groups in total. The minimum absolute atomic E-state index is 0.0424. The fourth-order valence-electron chi connectivity index (χ4n) is 2.38. The third-order valence-corrected chi connectivity index (χ3v) is 3.92. The van der Waals surface area contributed by atoms with Crippen LogP contribution >= 0.6 is 0 Å². The van der Waals surface area contributed by atoms with Crippen LogP contribution in [0.1, 0.15) is 12.5 Å². The van der Waals surface area contributed by atoms with E-state index in [2.05, 4.69) is 10.6 Å². The highest BCUT2D eigenvalue weighted by atomic mass is 16.4. The van der Waals surface area contributed by atoms with Crippen LogP contribution in [0.4, 0.5) is 10.5 Å². The molecule has 1 aliphatic rings. The number of nitrogens with one attached hydrogen (secondary N) is 2. The summed E-state index contributed by atoms with van der Waals surface area (Å²) in [5, 5.41) is 14.9. The van der Waals surface area contributed by atoms with Crippen LogP contribution in [0.25, 0.3) is 0 Å². The van der Waals surface area contributed by atoms with Crippen molar-refractivity contribution in [1.29, 1.82) is 0 Å². The van der Waals surface area contributed by atoms with E-state index in [0.717, 1.165) is 11.3 Å². The maximum absolute atomic E-state index is 12.1. The lowest BCUT2D eigenvalue weighted by Crippen LogP contribution is -2.54. The molecule has 0 saturated carbocycles.